The van der Waals surface area contributed by atoms with E-state index in [1.807, 2.05) is 36.5 Å². The molecule has 0 atom stereocenters. The Kier molecular flexibility index (Phi) is 2.28. The van der Waals surface area contributed by atoms with Crippen molar-refractivity contribution in [1.82, 2.24) is 9.78 Å². The molecule has 0 bridgehead atoms. The molecule has 3 nitrogen and oxygen atoms in total. The van der Waals surface area contributed by atoms with Crippen LogP contribution in [0.4, 0.5) is 0 Å². The van der Waals surface area contributed by atoms with Crippen LogP contribution in [0.25, 0.3) is 5.69 Å². The second kappa shape index (κ2) is 3.59. The minimum Gasteiger partial charge on any atom is -0.389 e. The van der Waals surface area contributed by atoms with Gasteiger partial charge in [0.15, 0.2) is 0 Å². The molecule has 0 saturated carbocycles. The highest BCUT2D eigenvalue weighted by Gasteiger charge is 2.05. The van der Waals surface area contributed by atoms with E-state index in [0.29, 0.717) is 4.99 Å². The number of hydrogen-bond acceptors (Lipinski definition) is 2. The Morgan fingerprint density at radius 3 is 2.71 bits per heavy atom. The molecule has 1 aromatic carbocycles. The van der Waals surface area contributed by atoms with E-state index in [1.54, 1.807) is 10.9 Å². The quantitative estimate of drug-likeness (QED) is 0.752. The van der Waals surface area contributed by atoms with Crippen LogP contribution in [0.15, 0.2) is 42.7 Å². The Morgan fingerprint density at radius 2 is 2.07 bits per heavy atom. The Balaban J connectivity index is 2.58. The molecule has 0 saturated heterocycles. The molecule has 1 aromatic heterocycles. The molecule has 0 aliphatic rings. The van der Waals surface area contributed by atoms with Crippen LogP contribution in [0.3, 0.4) is 0 Å². The van der Waals surface area contributed by atoms with Crippen molar-refractivity contribution in [3.8, 4) is 5.69 Å². The van der Waals surface area contributed by atoms with Gasteiger partial charge in [0.05, 0.1) is 5.69 Å². The molecule has 4 heteroatoms. The molecular weight excluding hydrogens is 194 g/mol. The van der Waals surface area contributed by atoms with Crippen molar-refractivity contribution in [3.63, 3.8) is 0 Å². The van der Waals surface area contributed by atoms with E-state index in [2.05, 4.69) is 5.10 Å². The number of aromatic nitrogens is 2. The van der Waals surface area contributed by atoms with Crippen LogP contribution in [0.5, 0.6) is 0 Å². The predicted molar refractivity (Wildman–Crippen MR) is 59.5 cm³/mol. The third-order valence-corrected chi connectivity index (χ3v) is 2.14. The Labute approximate surface area is 87.2 Å². The van der Waals surface area contributed by atoms with Gasteiger partial charge in [-0.2, -0.15) is 5.10 Å². The fourth-order valence-corrected chi connectivity index (χ4v) is 1.47. The maximum atomic E-state index is 5.61. The van der Waals surface area contributed by atoms with Crippen LogP contribution in [-0.2, 0) is 0 Å². The van der Waals surface area contributed by atoms with Crippen LogP contribution in [0, 0.1) is 0 Å². The van der Waals surface area contributed by atoms with Crippen LogP contribution < -0.4 is 5.73 Å². The Bertz CT molecular complexity index is 448. The van der Waals surface area contributed by atoms with Crippen molar-refractivity contribution in [2.45, 2.75) is 0 Å². The first-order chi connectivity index (χ1) is 6.79. The molecule has 0 aliphatic heterocycles. The largest absolute Gasteiger partial charge is 0.389 e. The van der Waals surface area contributed by atoms with Crippen LogP contribution in [-0.4, -0.2) is 14.8 Å². The summed E-state index contributed by atoms with van der Waals surface area (Å²) in [5.74, 6) is 0. The smallest absolute Gasteiger partial charge is 0.106 e. The summed E-state index contributed by atoms with van der Waals surface area (Å²) in [7, 11) is 0. The lowest BCUT2D eigenvalue weighted by atomic mass is 10.2. The van der Waals surface area contributed by atoms with Gasteiger partial charge in [-0.25, -0.2) is 4.68 Å². The number of para-hydroxylation sites is 1. The molecule has 0 fully saturated rings. The van der Waals surface area contributed by atoms with Gasteiger partial charge < -0.3 is 5.73 Å². The lowest BCUT2D eigenvalue weighted by molar-refractivity contribution is 0.879. The van der Waals surface area contributed by atoms with E-state index in [-0.39, 0.29) is 0 Å². The monoisotopic (exact) mass is 203 g/mol. The van der Waals surface area contributed by atoms with Gasteiger partial charge in [0.2, 0.25) is 0 Å². The molecule has 1 heterocycles. The summed E-state index contributed by atoms with van der Waals surface area (Å²) < 4.78 is 1.74. The zero-order valence-electron chi connectivity index (χ0n) is 7.42. The fraction of sp³-hybridized carbons (Fsp3) is 0. The van der Waals surface area contributed by atoms with Crippen molar-refractivity contribution >= 4 is 17.2 Å². The molecule has 0 unspecified atom stereocenters. The van der Waals surface area contributed by atoms with Crippen molar-refractivity contribution in [2.24, 2.45) is 5.73 Å². The topological polar surface area (TPSA) is 43.8 Å². The maximum Gasteiger partial charge on any atom is 0.106 e. The minimum absolute atomic E-state index is 0.385. The van der Waals surface area contributed by atoms with E-state index < -0.39 is 0 Å². The molecule has 2 rings (SSSR count). The zero-order valence-corrected chi connectivity index (χ0v) is 8.24. The standard InChI is InChI=1S/C10H9N3S/c11-10(14)8-4-1-2-5-9(8)13-7-3-6-12-13/h1-7H,(H2,11,14). The number of benzene rings is 1. The normalized spacial score (nSPS) is 10.0. The SMILES string of the molecule is NC(=S)c1ccccc1-n1cccn1. The Hall–Kier alpha value is -1.68. The van der Waals surface area contributed by atoms with Crippen molar-refractivity contribution in [2.75, 3.05) is 0 Å². The molecule has 0 spiro atoms. The first-order valence-electron chi connectivity index (χ1n) is 4.18. The van der Waals surface area contributed by atoms with E-state index in [1.165, 1.54) is 0 Å². The summed E-state index contributed by atoms with van der Waals surface area (Å²) in [4.78, 5) is 0.385. The number of nitrogens with zero attached hydrogens (tertiary/aromatic N) is 2. The fourth-order valence-electron chi connectivity index (χ4n) is 1.29. The second-order valence-corrected chi connectivity index (χ2v) is 3.27. The predicted octanol–water partition coefficient (Wildman–Crippen LogP) is 1.51. The van der Waals surface area contributed by atoms with Gasteiger partial charge in [-0.05, 0) is 18.2 Å². The van der Waals surface area contributed by atoms with Gasteiger partial charge in [0, 0.05) is 18.0 Å². The maximum absolute atomic E-state index is 5.61. The summed E-state index contributed by atoms with van der Waals surface area (Å²) in [6.07, 6.45) is 3.58. The number of hydrogen-bond donors (Lipinski definition) is 1. The molecular formula is C10H9N3S. The van der Waals surface area contributed by atoms with Gasteiger partial charge >= 0.3 is 0 Å². The summed E-state index contributed by atoms with van der Waals surface area (Å²) in [6, 6.07) is 9.51. The van der Waals surface area contributed by atoms with Gasteiger partial charge in [-0.1, -0.05) is 24.4 Å². The van der Waals surface area contributed by atoms with Gasteiger partial charge in [-0.3, -0.25) is 0 Å². The third-order valence-electron chi connectivity index (χ3n) is 1.92. The lowest BCUT2D eigenvalue weighted by Gasteiger charge is -2.06. The third kappa shape index (κ3) is 1.52. The van der Waals surface area contributed by atoms with Crippen molar-refractivity contribution < 1.29 is 0 Å². The summed E-state index contributed by atoms with van der Waals surface area (Å²) in [6.45, 7) is 0. The van der Waals surface area contributed by atoms with E-state index >= 15 is 0 Å². The molecule has 0 amide bonds. The van der Waals surface area contributed by atoms with Gasteiger partial charge in [0.1, 0.15) is 4.99 Å². The van der Waals surface area contributed by atoms with E-state index in [9.17, 15) is 0 Å². The highest BCUT2D eigenvalue weighted by molar-refractivity contribution is 7.80. The van der Waals surface area contributed by atoms with Crippen molar-refractivity contribution in [3.05, 3.63) is 48.3 Å². The average Bonchev–Trinajstić information content (AvgIpc) is 2.70. The number of thiocarbonyl (C=S) groups is 1. The first kappa shape index (κ1) is 8.90. The van der Waals surface area contributed by atoms with Crippen LogP contribution in [0.1, 0.15) is 5.56 Å². The van der Waals surface area contributed by atoms with Crippen LogP contribution >= 0.6 is 12.2 Å². The van der Waals surface area contributed by atoms with Crippen LogP contribution in [0.2, 0.25) is 0 Å². The second-order valence-electron chi connectivity index (χ2n) is 2.83. The summed E-state index contributed by atoms with van der Waals surface area (Å²) >= 11 is 4.96. The summed E-state index contributed by atoms with van der Waals surface area (Å²) in [5, 5.41) is 4.13. The lowest BCUT2D eigenvalue weighted by Crippen LogP contribution is -2.13. The summed E-state index contributed by atoms with van der Waals surface area (Å²) in [5.41, 5.74) is 7.36. The average molecular weight is 203 g/mol. The molecule has 0 aliphatic carbocycles. The molecule has 0 radical (unpaired) electrons. The highest BCUT2D eigenvalue weighted by atomic mass is 32.1. The highest BCUT2D eigenvalue weighted by Crippen LogP contribution is 2.12. The Morgan fingerprint density at radius 1 is 1.29 bits per heavy atom. The zero-order chi connectivity index (χ0) is 9.97. The minimum atomic E-state index is 0.385. The van der Waals surface area contributed by atoms with Gasteiger partial charge in [0.25, 0.3) is 0 Å². The molecule has 14 heavy (non-hydrogen) atoms. The molecule has 70 valence electrons. The van der Waals surface area contributed by atoms with E-state index in [4.69, 9.17) is 18.0 Å². The van der Waals surface area contributed by atoms with Crippen molar-refractivity contribution in [1.29, 1.82) is 0 Å². The van der Waals surface area contributed by atoms with E-state index in [0.717, 1.165) is 11.3 Å². The molecule has 2 N–H and O–H groups in total. The number of nitrogens with two attached hydrogens (primary N) is 1. The number of rotatable bonds is 2. The molecule has 2 aromatic rings. The first-order valence-corrected chi connectivity index (χ1v) is 4.59. The van der Waals surface area contributed by atoms with Gasteiger partial charge in [-0.15, -0.1) is 0 Å².